The van der Waals surface area contributed by atoms with Crippen LogP contribution in [-0.2, 0) is 11.3 Å². The van der Waals surface area contributed by atoms with Crippen LogP contribution in [0.5, 0.6) is 11.5 Å². The van der Waals surface area contributed by atoms with E-state index in [1.807, 2.05) is 20.8 Å². The summed E-state index contributed by atoms with van der Waals surface area (Å²) >= 11 is 0. The zero-order valence-electron chi connectivity index (χ0n) is 13.0. The van der Waals surface area contributed by atoms with Gasteiger partial charge in [0.2, 0.25) is 11.7 Å². The molecule has 1 aliphatic rings. The maximum atomic E-state index is 12.1. The van der Waals surface area contributed by atoms with E-state index in [1.54, 1.807) is 29.8 Å². The number of nitrogens with zero attached hydrogens (tertiary/aromatic N) is 3. The maximum absolute atomic E-state index is 12.1. The highest BCUT2D eigenvalue weighted by molar-refractivity contribution is 5.90. The van der Waals surface area contributed by atoms with E-state index in [2.05, 4.69) is 15.4 Å². The molecule has 0 bridgehead atoms. The van der Waals surface area contributed by atoms with Gasteiger partial charge in [0, 0.05) is 25.6 Å². The molecule has 7 heteroatoms. The van der Waals surface area contributed by atoms with Crippen LogP contribution in [-0.4, -0.2) is 26.5 Å². The van der Waals surface area contributed by atoms with Gasteiger partial charge in [-0.2, -0.15) is 5.10 Å². The van der Waals surface area contributed by atoms with Crippen LogP contribution in [0.2, 0.25) is 0 Å². The van der Waals surface area contributed by atoms with Crippen molar-refractivity contribution < 1.29 is 14.3 Å². The topological polar surface area (TPSA) is 78.3 Å². The quantitative estimate of drug-likeness (QED) is 0.938. The standard InChI is InChI=1S/C15H18N4O3/c1-9-16-10(2)19(18-9)8-14(20)17-11-5-6-12-13(7-11)22-15(3,4)21-12/h5-7H,8H2,1-4H3,(H,17,20). The molecular formula is C15H18N4O3. The molecular weight excluding hydrogens is 284 g/mol. The number of carbonyl (C=O) groups is 1. The molecule has 0 aliphatic carbocycles. The third kappa shape index (κ3) is 2.88. The van der Waals surface area contributed by atoms with E-state index in [1.165, 1.54) is 0 Å². The fourth-order valence-corrected chi connectivity index (χ4v) is 2.35. The van der Waals surface area contributed by atoms with Crippen molar-refractivity contribution in [2.75, 3.05) is 5.32 Å². The number of amides is 1. The number of hydrogen-bond acceptors (Lipinski definition) is 5. The van der Waals surface area contributed by atoms with E-state index in [9.17, 15) is 4.79 Å². The molecule has 0 spiro atoms. The number of anilines is 1. The first-order valence-electron chi connectivity index (χ1n) is 7.02. The molecule has 2 heterocycles. The van der Waals surface area contributed by atoms with Crippen molar-refractivity contribution in [1.82, 2.24) is 14.8 Å². The highest BCUT2D eigenvalue weighted by Gasteiger charge is 2.31. The normalized spacial score (nSPS) is 14.9. The lowest BCUT2D eigenvalue weighted by molar-refractivity contribution is -0.116. The van der Waals surface area contributed by atoms with Crippen LogP contribution >= 0.6 is 0 Å². The minimum absolute atomic E-state index is 0.118. The summed E-state index contributed by atoms with van der Waals surface area (Å²) in [6.45, 7) is 7.39. The molecule has 3 rings (SSSR count). The van der Waals surface area contributed by atoms with E-state index >= 15 is 0 Å². The molecule has 22 heavy (non-hydrogen) atoms. The van der Waals surface area contributed by atoms with Gasteiger partial charge in [0.05, 0.1) is 0 Å². The first-order valence-corrected chi connectivity index (χ1v) is 7.02. The molecule has 0 unspecified atom stereocenters. The smallest absolute Gasteiger partial charge is 0.246 e. The molecule has 116 valence electrons. The van der Waals surface area contributed by atoms with Crippen molar-refractivity contribution in [3.05, 3.63) is 29.8 Å². The Labute approximate surface area is 128 Å². The molecule has 1 N–H and O–H groups in total. The molecule has 2 aromatic rings. The molecule has 1 aliphatic heterocycles. The van der Waals surface area contributed by atoms with Crippen LogP contribution in [0.3, 0.4) is 0 Å². The summed E-state index contributed by atoms with van der Waals surface area (Å²) in [5.41, 5.74) is 0.652. The highest BCUT2D eigenvalue weighted by atomic mass is 16.7. The fraction of sp³-hybridized carbons (Fsp3) is 0.400. The predicted molar refractivity (Wildman–Crippen MR) is 79.9 cm³/mol. The minimum Gasteiger partial charge on any atom is -0.449 e. The summed E-state index contributed by atoms with van der Waals surface area (Å²) in [7, 11) is 0. The number of benzene rings is 1. The number of ether oxygens (including phenoxy) is 2. The second-order valence-electron chi connectivity index (χ2n) is 5.68. The SMILES string of the molecule is Cc1nc(C)n(CC(=O)Nc2ccc3c(c2)OC(C)(C)O3)n1. The summed E-state index contributed by atoms with van der Waals surface area (Å²) in [5.74, 6) is 1.79. The second kappa shape index (κ2) is 5.01. The fourth-order valence-electron chi connectivity index (χ4n) is 2.35. The first kappa shape index (κ1) is 14.4. The van der Waals surface area contributed by atoms with E-state index < -0.39 is 5.79 Å². The van der Waals surface area contributed by atoms with Crippen LogP contribution in [0.1, 0.15) is 25.5 Å². The Morgan fingerprint density at radius 3 is 2.68 bits per heavy atom. The van der Waals surface area contributed by atoms with Crippen LogP contribution in [0.15, 0.2) is 18.2 Å². The van der Waals surface area contributed by atoms with Gasteiger partial charge in [0.25, 0.3) is 0 Å². The third-order valence-electron chi connectivity index (χ3n) is 3.19. The molecule has 0 fully saturated rings. The maximum Gasteiger partial charge on any atom is 0.246 e. The Balaban J connectivity index is 1.69. The van der Waals surface area contributed by atoms with Gasteiger partial charge in [-0.25, -0.2) is 9.67 Å². The largest absolute Gasteiger partial charge is 0.449 e. The Kier molecular flexibility index (Phi) is 3.27. The van der Waals surface area contributed by atoms with Crippen molar-refractivity contribution in [2.24, 2.45) is 0 Å². The number of nitrogens with one attached hydrogen (secondary N) is 1. The van der Waals surface area contributed by atoms with E-state index in [0.29, 0.717) is 28.8 Å². The molecule has 0 atom stereocenters. The van der Waals surface area contributed by atoms with Crippen molar-refractivity contribution in [3.63, 3.8) is 0 Å². The van der Waals surface area contributed by atoms with Crippen molar-refractivity contribution in [2.45, 2.75) is 40.0 Å². The summed E-state index contributed by atoms with van der Waals surface area (Å²) < 4.78 is 12.8. The van der Waals surface area contributed by atoms with Crippen LogP contribution < -0.4 is 14.8 Å². The van der Waals surface area contributed by atoms with E-state index in [4.69, 9.17) is 9.47 Å². The number of aromatic nitrogens is 3. The molecule has 0 radical (unpaired) electrons. The van der Waals surface area contributed by atoms with Crippen LogP contribution in [0.25, 0.3) is 0 Å². The summed E-state index contributed by atoms with van der Waals surface area (Å²) in [6.07, 6.45) is 0. The van der Waals surface area contributed by atoms with E-state index in [-0.39, 0.29) is 12.5 Å². The van der Waals surface area contributed by atoms with Gasteiger partial charge in [-0.05, 0) is 26.0 Å². The average Bonchev–Trinajstić information content (AvgIpc) is 2.86. The lowest BCUT2D eigenvalue weighted by Crippen LogP contribution is -2.29. The zero-order chi connectivity index (χ0) is 15.9. The first-order chi connectivity index (χ1) is 10.3. The Bertz CT molecular complexity index is 736. The monoisotopic (exact) mass is 302 g/mol. The number of rotatable bonds is 3. The molecule has 7 nitrogen and oxygen atoms in total. The van der Waals surface area contributed by atoms with Crippen molar-refractivity contribution >= 4 is 11.6 Å². The van der Waals surface area contributed by atoms with Crippen LogP contribution in [0.4, 0.5) is 5.69 Å². The highest BCUT2D eigenvalue weighted by Crippen LogP contribution is 2.40. The van der Waals surface area contributed by atoms with Gasteiger partial charge in [0.1, 0.15) is 18.2 Å². The van der Waals surface area contributed by atoms with Crippen molar-refractivity contribution in [1.29, 1.82) is 0 Å². The van der Waals surface area contributed by atoms with Crippen molar-refractivity contribution in [3.8, 4) is 11.5 Å². The molecule has 1 aromatic carbocycles. The van der Waals surface area contributed by atoms with Gasteiger partial charge in [0.15, 0.2) is 11.5 Å². The zero-order valence-corrected chi connectivity index (χ0v) is 13.0. The number of hydrogen-bond donors (Lipinski definition) is 1. The summed E-state index contributed by atoms with van der Waals surface area (Å²) in [6, 6.07) is 5.31. The molecule has 1 aromatic heterocycles. The van der Waals surface area contributed by atoms with Gasteiger partial charge in [-0.3, -0.25) is 4.79 Å². The van der Waals surface area contributed by atoms with Gasteiger partial charge in [-0.15, -0.1) is 0 Å². The summed E-state index contributed by atoms with van der Waals surface area (Å²) in [5, 5.41) is 6.99. The van der Waals surface area contributed by atoms with Gasteiger partial charge >= 0.3 is 0 Å². The van der Waals surface area contributed by atoms with Gasteiger partial charge in [-0.1, -0.05) is 0 Å². The Hall–Kier alpha value is -2.57. The molecule has 1 amide bonds. The minimum atomic E-state index is -0.680. The van der Waals surface area contributed by atoms with Gasteiger partial charge < -0.3 is 14.8 Å². The lowest BCUT2D eigenvalue weighted by atomic mass is 10.3. The van der Waals surface area contributed by atoms with E-state index in [0.717, 1.165) is 0 Å². The van der Waals surface area contributed by atoms with Crippen LogP contribution in [0, 0.1) is 13.8 Å². The predicted octanol–water partition coefficient (Wildman–Crippen LogP) is 2.04. The number of fused-ring (bicyclic) bond motifs is 1. The Morgan fingerprint density at radius 1 is 1.27 bits per heavy atom. The molecule has 0 saturated carbocycles. The third-order valence-corrected chi connectivity index (χ3v) is 3.19. The summed E-state index contributed by atoms with van der Waals surface area (Å²) in [4.78, 5) is 16.3. The lowest BCUT2D eigenvalue weighted by Gasteiger charge is -2.16. The second-order valence-corrected chi connectivity index (χ2v) is 5.68. The average molecular weight is 302 g/mol. The number of carbonyl (C=O) groups excluding carboxylic acids is 1. The molecule has 0 saturated heterocycles. The Morgan fingerprint density at radius 2 is 2.00 bits per heavy atom. The number of aryl methyl sites for hydroxylation is 2.